The Labute approximate surface area is 147 Å². The first-order valence-corrected chi connectivity index (χ1v) is 8.08. The minimum Gasteiger partial charge on any atom is -0.489 e. The number of rotatable bonds is 5. The average molecular weight is 332 g/mol. The second-order valence-electron chi connectivity index (χ2n) is 6.05. The van der Waals surface area contributed by atoms with Crippen LogP contribution in [-0.2, 0) is 6.61 Å². The van der Waals surface area contributed by atoms with Gasteiger partial charge in [-0.25, -0.2) is 0 Å². The Morgan fingerprint density at radius 3 is 2.48 bits per heavy atom. The molecule has 1 heterocycles. The number of carbonyl (C=O) groups is 1. The molecule has 4 heteroatoms. The fraction of sp³-hybridized carbons (Fsp3) is 0.143. The van der Waals surface area contributed by atoms with Crippen LogP contribution in [-0.4, -0.2) is 10.9 Å². The van der Waals surface area contributed by atoms with Crippen LogP contribution >= 0.6 is 0 Å². The van der Waals surface area contributed by atoms with E-state index in [0.717, 1.165) is 28.1 Å². The van der Waals surface area contributed by atoms with Crippen molar-refractivity contribution >= 4 is 5.91 Å². The van der Waals surface area contributed by atoms with E-state index in [1.165, 1.54) is 5.56 Å². The summed E-state index contributed by atoms with van der Waals surface area (Å²) < 4.78 is 5.82. The second-order valence-corrected chi connectivity index (χ2v) is 6.05. The van der Waals surface area contributed by atoms with Gasteiger partial charge in [0.15, 0.2) is 0 Å². The Kier molecular flexibility index (Phi) is 4.80. The van der Waals surface area contributed by atoms with E-state index in [0.29, 0.717) is 12.2 Å². The molecule has 0 aliphatic heterocycles. The van der Waals surface area contributed by atoms with Crippen molar-refractivity contribution in [2.75, 3.05) is 0 Å². The third-order valence-corrected chi connectivity index (χ3v) is 4.04. The van der Waals surface area contributed by atoms with Gasteiger partial charge in [0.05, 0.1) is 5.69 Å². The molecule has 0 saturated carbocycles. The summed E-state index contributed by atoms with van der Waals surface area (Å²) in [6.07, 6.45) is 1.76. The summed E-state index contributed by atoms with van der Waals surface area (Å²) >= 11 is 0. The maximum Gasteiger partial charge on any atom is 0.248 e. The van der Waals surface area contributed by atoms with Gasteiger partial charge in [0, 0.05) is 17.3 Å². The van der Waals surface area contributed by atoms with Gasteiger partial charge in [-0.2, -0.15) is 0 Å². The minimum absolute atomic E-state index is 0.419. The largest absolute Gasteiger partial charge is 0.489 e. The van der Waals surface area contributed by atoms with Crippen molar-refractivity contribution in [3.8, 4) is 17.0 Å². The quantitative estimate of drug-likeness (QED) is 0.767. The van der Waals surface area contributed by atoms with Crippen molar-refractivity contribution in [3.63, 3.8) is 0 Å². The molecule has 0 atom stereocenters. The SMILES string of the molecule is Cc1ccc(OCc2ccnc(-c3ccc(C(N)=O)c(C)c3)c2)cc1. The Bertz CT molecular complexity index is 902. The van der Waals surface area contributed by atoms with Gasteiger partial charge in [-0.1, -0.05) is 23.8 Å². The fourth-order valence-corrected chi connectivity index (χ4v) is 2.62. The topological polar surface area (TPSA) is 65.2 Å². The van der Waals surface area contributed by atoms with E-state index in [4.69, 9.17) is 10.5 Å². The summed E-state index contributed by atoms with van der Waals surface area (Å²) in [5.74, 6) is 0.419. The normalized spacial score (nSPS) is 10.5. The summed E-state index contributed by atoms with van der Waals surface area (Å²) in [6.45, 7) is 4.38. The van der Waals surface area contributed by atoms with Gasteiger partial charge in [0.2, 0.25) is 5.91 Å². The molecule has 4 nitrogen and oxygen atoms in total. The van der Waals surface area contributed by atoms with E-state index in [2.05, 4.69) is 4.98 Å². The van der Waals surface area contributed by atoms with Crippen molar-refractivity contribution in [2.45, 2.75) is 20.5 Å². The Morgan fingerprint density at radius 2 is 1.80 bits per heavy atom. The van der Waals surface area contributed by atoms with Crippen LogP contribution in [0.2, 0.25) is 0 Å². The zero-order chi connectivity index (χ0) is 17.8. The van der Waals surface area contributed by atoms with Crippen LogP contribution < -0.4 is 10.5 Å². The standard InChI is InChI=1S/C21H20N2O2/c1-14-3-6-18(7-4-14)25-13-16-9-10-23-20(12-16)17-5-8-19(21(22)24)15(2)11-17/h3-12H,13H2,1-2H3,(H2,22,24). The predicted octanol–water partition coefficient (Wildman–Crippen LogP) is 4.04. The van der Waals surface area contributed by atoms with E-state index in [-0.39, 0.29) is 0 Å². The highest BCUT2D eigenvalue weighted by Crippen LogP contribution is 2.22. The van der Waals surface area contributed by atoms with Crippen LogP contribution in [0.4, 0.5) is 0 Å². The molecule has 126 valence electrons. The van der Waals surface area contributed by atoms with Crippen molar-refractivity contribution in [1.82, 2.24) is 4.98 Å². The number of pyridine rings is 1. The van der Waals surface area contributed by atoms with Crippen LogP contribution in [0.5, 0.6) is 5.75 Å². The van der Waals surface area contributed by atoms with Crippen LogP contribution in [0.15, 0.2) is 60.8 Å². The Hall–Kier alpha value is -3.14. The highest BCUT2D eigenvalue weighted by molar-refractivity contribution is 5.94. The number of amides is 1. The molecule has 25 heavy (non-hydrogen) atoms. The van der Waals surface area contributed by atoms with Crippen molar-refractivity contribution < 1.29 is 9.53 Å². The van der Waals surface area contributed by atoms with Gasteiger partial charge in [-0.05, 0) is 61.4 Å². The van der Waals surface area contributed by atoms with Gasteiger partial charge in [-0.3, -0.25) is 9.78 Å². The molecular formula is C21H20N2O2. The maximum absolute atomic E-state index is 11.4. The lowest BCUT2D eigenvalue weighted by Gasteiger charge is -2.09. The summed E-state index contributed by atoms with van der Waals surface area (Å²) in [6, 6.07) is 17.4. The van der Waals surface area contributed by atoms with Gasteiger partial charge in [0.1, 0.15) is 12.4 Å². The smallest absolute Gasteiger partial charge is 0.248 e. The lowest BCUT2D eigenvalue weighted by atomic mass is 10.0. The van der Waals surface area contributed by atoms with Crippen molar-refractivity contribution in [2.24, 2.45) is 5.73 Å². The summed E-state index contributed by atoms with van der Waals surface area (Å²) in [5.41, 5.74) is 10.7. The van der Waals surface area contributed by atoms with E-state index in [1.807, 2.05) is 62.4 Å². The molecule has 0 aliphatic carbocycles. The fourth-order valence-electron chi connectivity index (χ4n) is 2.62. The van der Waals surface area contributed by atoms with Gasteiger partial charge >= 0.3 is 0 Å². The molecule has 0 bridgehead atoms. The molecule has 0 unspecified atom stereocenters. The van der Waals surface area contributed by atoms with E-state index in [9.17, 15) is 4.79 Å². The third kappa shape index (κ3) is 4.04. The zero-order valence-corrected chi connectivity index (χ0v) is 14.3. The Morgan fingerprint density at radius 1 is 1.04 bits per heavy atom. The lowest BCUT2D eigenvalue weighted by molar-refractivity contribution is 0.0999. The number of nitrogens with two attached hydrogens (primary N) is 1. The summed E-state index contributed by atoms with van der Waals surface area (Å²) in [5, 5.41) is 0. The van der Waals surface area contributed by atoms with Crippen LogP contribution in [0.1, 0.15) is 27.0 Å². The molecule has 0 fully saturated rings. The molecule has 3 rings (SSSR count). The molecule has 2 aromatic carbocycles. The van der Waals surface area contributed by atoms with Crippen molar-refractivity contribution in [1.29, 1.82) is 0 Å². The number of aryl methyl sites for hydroxylation is 2. The van der Waals surface area contributed by atoms with Gasteiger partial charge in [0.25, 0.3) is 0 Å². The van der Waals surface area contributed by atoms with E-state index >= 15 is 0 Å². The number of ether oxygens (including phenoxy) is 1. The number of hydrogen-bond acceptors (Lipinski definition) is 3. The molecule has 0 saturated heterocycles. The summed E-state index contributed by atoms with van der Waals surface area (Å²) in [4.78, 5) is 15.8. The number of benzene rings is 2. The zero-order valence-electron chi connectivity index (χ0n) is 14.3. The van der Waals surface area contributed by atoms with Gasteiger partial charge < -0.3 is 10.5 Å². The van der Waals surface area contributed by atoms with Crippen LogP contribution in [0.3, 0.4) is 0 Å². The minimum atomic E-state index is -0.419. The second kappa shape index (κ2) is 7.18. The average Bonchev–Trinajstić information content (AvgIpc) is 2.61. The first-order valence-electron chi connectivity index (χ1n) is 8.08. The summed E-state index contributed by atoms with van der Waals surface area (Å²) in [7, 11) is 0. The van der Waals surface area contributed by atoms with E-state index < -0.39 is 5.91 Å². The van der Waals surface area contributed by atoms with Gasteiger partial charge in [-0.15, -0.1) is 0 Å². The first-order chi connectivity index (χ1) is 12.0. The molecular weight excluding hydrogens is 312 g/mol. The molecule has 0 aliphatic rings. The third-order valence-electron chi connectivity index (χ3n) is 4.04. The molecule has 3 aromatic rings. The molecule has 0 spiro atoms. The highest BCUT2D eigenvalue weighted by Gasteiger charge is 2.08. The molecule has 1 aromatic heterocycles. The van der Waals surface area contributed by atoms with Crippen molar-refractivity contribution in [3.05, 3.63) is 83.0 Å². The number of carbonyl (C=O) groups excluding carboxylic acids is 1. The monoisotopic (exact) mass is 332 g/mol. The maximum atomic E-state index is 11.4. The number of nitrogens with zero attached hydrogens (tertiary/aromatic N) is 1. The van der Waals surface area contributed by atoms with Crippen LogP contribution in [0.25, 0.3) is 11.3 Å². The molecule has 2 N–H and O–H groups in total. The molecule has 1 amide bonds. The predicted molar refractivity (Wildman–Crippen MR) is 98.4 cm³/mol. The Balaban J connectivity index is 1.78. The van der Waals surface area contributed by atoms with Crippen LogP contribution in [0, 0.1) is 13.8 Å². The first kappa shape index (κ1) is 16.7. The number of hydrogen-bond donors (Lipinski definition) is 1. The van der Waals surface area contributed by atoms with E-state index in [1.54, 1.807) is 12.3 Å². The number of aromatic nitrogens is 1. The highest BCUT2D eigenvalue weighted by atomic mass is 16.5. The number of primary amides is 1. The molecule has 0 radical (unpaired) electrons. The lowest BCUT2D eigenvalue weighted by Crippen LogP contribution is -2.12.